The van der Waals surface area contributed by atoms with Crippen LogP contribution in [-0.4, -0.2) is 0 Å². The fourth-order valence-electron chi connectivity index (χ4n) is 3.43. The zero-order chi connectivity index (χ0) is 14.3. The van der Waals surface area contributed by atoms with E-state index in [0.29, 0.717) is 0 Å². The van der Waals surface area contributed by atoms with Gasteiger partial charge in [0.05, 0.1) is 11.5 Å². The van der Waals surface area contributed by atoms with Gasteiger partial charge in [0.25, 0.3) is 0 Å². The molecule has 0 saturated heterocycles. The Kier molecular flexibility index (Phi) is 5.65. The highest BCUT2D eigenvalue weighted by Gasteiger charge is 2.36. The Morgan fingerprint density at radius 2 is 1.50 bits per heavy atom. The summed E-state index contributed by atoms with van der Waals surface area (Å²) in [4.78, 5) is 0. The summed E-state index contributed by atoms with van der Waals surface area (Å²) in [7, 11) is 0. The number of nitriles is 1. The number of hydrogen-bond acceptors (Lipinski definition) is 1. The SMILES string of the molecule is CCCCCCCCCC1(C#N)Cc2ccccc2C1. The van der Waals surface area contributed by atoms with Crippen LogP contribution in [-0.2, 0) is 12.8 Å². The molecular weight excluding hydrogens is 242 g/mol. The highest BCUT2D eigenvalue weighted by molar-refractivity contribution is 5.36. The zero-order valence-corrected chi connectivity index (χ0v) is 12.8. The summed E-state index contributed by atoms with van der Waals surface area (Å²) in [6.07, 6.45) is 12.3. The van der Waals surface area contributed by atoms with Crippen LogP contribution < -0.4 is 0 Å². The molecule has 1 aliphatic rings. The first-order chi connectivity index (χ1) is 9.79. The first-order valence-electron chi connectivity index (χ1n) is 8.28. The van der Waals surface area contributed by atoms with Crippen LogP contribution in [0.3, 0.4) is 0 Å². The van der Waals surface area contributed by atoms with Crippen LogP contribution in [0.2, 0.25) is 0 Å². The van der Waals surface area contributed by atoms with Crippen molar-refractivity contribution < 1.29 is 0 Å². The van der Waals surface area contributed by atoms with E-state index in [9.17, 15) is 5.26 Å². The van der Waals surface area contributed by atoms with Crippen molar-refractivity contribution in [2.45, 2.75) is 71.1 Å². The third-order valence-corrected chi connectivity index (χ3v) is 4.67. The second-order valence-electron chi connectivity index (χ2n) is 6.39. The molecule has 0 atom stereocenters. The van der Waals surface area contributed by atoms with Gasteiger partial charge in [0.15, 0.2) is 0 Å². The lowest BCUT2D eigenvalue weighted by atomic mass is 9.81. The number of nitrogens with zero attached hydrogens (tertiary/aromatic N) is 1. The maximum absolute atomic E-state index is 9.61. The first-order valence-corrected chi connectivity index (χ1v) is 8.28. The van der Waals surface area contributed by atoms with Crippen LogP contribution in [0.5, 0.6) is 0 Å². The van der Waals surface area contributed by atoms with E-state index in [-0.39, 0.29) is 5.41 Å². The fourth-order valence-corrected chi connectivity index (χ4v) is 3.43. The Balaban J connectivity index is 1.73. The molecule has 0 N–H and O–H groups in total. The summed E-state index contributed by atoms with van der Waals surface area (Å²) in [5.41, 5.74) is 2.70. The maximum atomic E-state index is 9.61. The molecule has 0 fully saturated rings. The van der Waals surface area contributed by atoms with Gasteiger partial charge in [-0.2, -0.15) is 5.26 Å². The number of benzene rings is 1. The lowest BCUT2D eigenvalue weighted by molar-refractivity contribution is 0.364. The summed E-state index contributed by atoms with van der Waals surface area (Å²) >= 11 is 0. The average Bonchev–Trinajstić information content (AvgIpc) is 2.85. The van der Waals surface area contributed by atoms with E-state index >= 15 is 0 Å². The fraction of sp³-hybridized carbons (Fsp3) is 0.632. The van der Waals surface area contributed by atoms with Crippen LogP contribution in [0.4, 0.5) is 0 Å². The topological polar surface area (TPSA) is 23.8 Å². The predicted molar refractivity (Wildman–Crippen MR) is 84.5 cm³/mol. The molecule has 1 aromatic carbocycles. The van der Waals surface area contributed by atoms with Gasteiger partial charge in [-0.15, -0.1) is 0 Å². The van der Waals surface area contributed by atoms with Crippen molar-refractivity contribution in [2.24, 2.45) is 5.41 Å². The Morgan fingerprint density at radius 1 is 0.950 bits per heavy atom. The van der Waals surface area contributed by atoms with Crippen molar-refractivity contribution in [3.8, 4) is 6.07 Å². The van der Waals surface area contributed by atoms with E-state index in [1.807, 2.05) is 0 Å². The zero-order valence-electron chi connectivity index (χ0n) is 12.8. The van der Waals surface area contributed by atoms with Gasteiger partial charge in [0.2, 0.25) is 0 Å². The van der Waals surface area contributed by atoms with E-state index < -0.39 is 0 Å². The molecule has 1 aromatic rings. The van der Waals surface area contributed by atoms with Crippen LogP contribution in [0.15, 0.2) is 24.3 Å². The van der Waals surface area contributed by atoms with Gasteiger partial charge in [-0.25, -0.2) is 0 Å². The number of hydrogen-bond donors (Lipinski definition) is 0. The van der Waals surface area contributed by atoms with E-state index in [1.165, 1.54) is 56.1 Å². The van der Waals surface area contributed by atoms with Gasteiger partial charge in [0, 0.05) is 0 Å². The van der Waals surface area contributed by atoms with Crippen molar-refractivity contribution in [1.82, 2.24) is 0 Å². The quantitative estimate of drug-likeness (QED) is 0.577. The summed E-state index contributed by atoms with van der Waals surface area (Å²) in [6.45, 7) is 2.26. The minimum Gasteiger partial charge on any atom is -0.198 e. The van der Waals surface area contributed by atoms with Crippen LogP contribution in [0, 0.1) is 16.7 Å². The molecule has 2 rings (SSSR count). The molecular formula is C19H27N. The van der Waals surface area contributed by atoms with Crippen LogP contribution in [0.25, 0.3) is 0 Å². The Hall–Kier alpha value is -1.29. The van der Waals surface area contributed by atoms with Gasteiger partial charge >= 0.3 is 0 Å². The molecule has 1 nitrogen and oxygen atoms in total. The minimum absolute atomic E-state index is 0.104. The van der Waals surface area contributed by atoms with Crippen molar-refractivity contribution >= 4 is 0 Å². The van der Waals surface area contributed by atoms with Crippen molar-refractivity contribution in [3.05, 3.63) is 35.4 Å². The normalized spacial score (nSPS) is 15.8. The third kappa shape index (κ3) is 3.85. The molecule has 1 aliphatic carbocycles. The van der Waals surface area contributed by atoms with Crippen molar-refractivity contribution in [3.63, 3.8) is 0 Å². The average molecular weight is 269 g/mol. The molecule has 108 valence electrons. The first kappa shape index (κ1) is 15.1. The highest BCUT2D eigenvalue weighted by Crippen LogP contribution is 2.40. The van der Waals surface area contributed by atoms with Crippen molar-refractivity contribution in [1.29, 1.82) is 5.26 Å². The lowest BCUT2D eigenvalue weighted by Gasteiger charge is -2.19. The van der Waals surface area contributed by atoms with Gasteiger partial charge in [-0.1, -0.05) is 76.1 Å². The molecule has 1 heteroatoms. The minimum atomic E-state index is -0.104. The molecule has 0 unspecified atom stereocenters. The molecule has 0 saturated carbocycles. The Bertz CT molecular complexity index is 430. The standard InChI is InChI=1S/C19H27N/c1-2-3-4-5-6-7-10-13-19(16-20)14-17-11-8-9-12-18(17)15-19/h8-9,11-12H,2-7,10,13-15H2,1H3. The summed E-state index contributed by atoms with van der Waals surface area (Å²) in [5.74, 6) is 0. The lowest BCUT2D eigenvalue weighted by Crippen LogP contribution is -2.18. The van der Waals surface area contributed by atoms with Gasteiger partial charge in [0.1, 0.15) is 0 Å². The number of rotatable bonds is 8. The van der Waals surface area contributed by atoms with E-state index in [4.69, 9.17) is 0 Å². The Labute approximate surface area is 124 Å². The van der Waals surface area contributed by atoms with E-state index in [0.717, 1.165) is 19.3 Å². The molecule has 0 bridgehead atoms. The smallest absolute Gasteiger partial charge is 0.0696 e. The molecule has 0 aliphatic heterocycles. The van der Waals surface area contributed by atoms with E-state index in [2.05, 4.69) is 37.3 Å². The monoisotopic (exact) mass is 269 g/mol. The van der Waals surface area contributed by atoms with Crippen LogP contribution in [0.1, 0.15) is 69.4 Å². The molecule has 0 amide bonds. The molecule has 20 heavy (non-hydrogen) atoms. The summed E-state index contributed by atoms with van der Waals surface area (Å²) in [5, 5.41) is 9.61. The van der Waals surface area contributed by atoms with Gasteiger partial charge in [-0.05, 0) is 30.4 Å². The Morgan fingerprint density at radius 3 is 2.05 bits per heavy atom. The van der Waals surface area contributed by atoms with E-state index in [1.54, 1.807) is 0 Å². The number of unbranched alkanes of at least 4 members (excludes halogenated alkanes) is 6. The molecule has 0 heterocycles. The molecule has 0 aromatic heterocycles. The second-order valence-corrected chi connectivity index (χ2v) is 6.39. The van der Waals surface area contributed by atoms with Crippen LogP contribution >= 0.6 is 0 Å². The van der Waals surface area contributed by atoms with Gasteiger partial charge in [-0.3, -0.25) is 0 Å². The predicted octanol–water partition coefficient (Wildman–Crippen LogP) is 5.44. The second kappa shape index (κ2) is 7.48. The highest BCUT2D eigenvalue weighted by atomic mass is 14.4. The van der Waals surface area contributed by atoms with Crippen molar-refractivity contribution in [2.75, 3.05) is 0 Å². The summed E-state index contributed by atoms with van der Waals surface area (Å²) in [6, 6.07) is 11.2. The molecule has 0 spiro atoms. The van der Waals surface area contributed by atoms with Gasteiger partial charge < -0.3 is 0 Å². The maximum Gasteiger partial charge on any atom is 0.0696 e. The third-order valence-electron chi connectivity index (χ3n) is 4.67. The summed E-state index contributed by atoms with van der Waals surface area (Å²) < 4.78 is 0. The largest absolute Gasteiger partial charge is 0.198 e. The molecule has 0 radical (unpaired) electrons. The number of fused-ring (bicyclic) bond motifs is 1.